The third-order valence-corrected chi connectivity index (χ3v) is 6.29. The van der Waals surface area contributed by atoms with Gasteiger partial charge in [0, 0.05) is 29.2 Å². The Morgan fingerprint density at radius 2 is 2.04 bits per heavy atom. The molecule has 1 atom stereocenters. The first-order valence-electron chi connectivity index (χ1n) is 9.74. The van der Waals surface area contributed by atoms with Crippen LogP contribution in [-0.2, 0) is 5.41 Å². The summed E-state index contributed by atoms with van der Waals surface area (Å²) in [5.41, 5.74) is 1.94. The van der Waals surface area contributed by atoms with E-state index < -0.39 is 5.82 Å². The van der Waals surface area contributed by atoms with Crippen molar-refractivity contribution in [3.05, 3.63) is 77.1 Å². The van der Waals surface area contributed by atoms with E-state index in [1.54, 1.807) is 23.1 Å². The summed E-state index contributed by atoms with van der Waals surface area (Å²) in [5, 5.41) is 0.672. The van der Waals surface area contributed by atoms with Gasteiger partial charge < -0.3 is 4.90 Å². The molecule has 1 amide bonds. The summed E-state index contributed by atoms with van der Waals surface area (Å²) in [6, 6.07) is 11.9. The Bertz CT molecular complexity index is 915. The lowest BCUT2D eigenvalue weighted by Gasteiger charge is -2.29. The third kappa shape index (κ3) is 3.36. The van der Waals surface area contributed by atoms with Crippen molar-refractivity contribution in [2.24, 2.45) is 0 Å². The van der Waals surface area contributed by atoms with Crippen molar-refractivity contribution in [2.75, 3.05) is 31.1 Å². The lowest BCUT2D eigenvalue weighted by Crippen LogP contribution is -2.38. The molecule has 0 aliphatic carbocycles. The Labute approximate surface area is 170 Å². The second kappa shape index (κ2) is 7.69. The molecule has 2 aromatic carbocycles. The zero-order valence-electron chi connectivity index (χ0n) is 15.8. The van der Waals surface area contributed by atoms with E-state index in [1.165, 1.54) is 6.07 Å². The minimum atomic E-state index is -0.484. The fourth-order valence-electron chi connectivity index (χ4n) is 4.65. The number of carbonyl (C=O) groups is 1. The quantitative estimate of drug-likeness (QED) is 0.675. The summed E-state index contributed by atoms with van der Waals surface area (Å²) >= 11 is 6.33. The van der Waals surface area contributed by atoms with Crippen LogP contribution >= 0.6 is 11.6 Å². The summed E-state index contributed by atoms with van der Waals surface area (Å²) in [4.78, 5) is 17.4. The number of benzene rings is 2. The molecule has 1 saturated heterocycles. The number of halogens is 2. The molecule has 0 saturated carbocycles. The van der Waals surface area contributed by atoms with Crippen LogP contribution in [0.25, 0.3) is 0 Å². The molecule has 1 fully saturated rings. The summed E-state index contributed by atoms with van der Waals surface area (Å²) in [6.45, 7) is 7.25. The topological polar surface area (TPSA) is 23.6 Å². The van der Waals surface area contributed by atoms with E-state index in [0.29, 0.717) is 11.6 Å². The molecule has 2 aliphatic rings. The Balaban J connectivity index is 1.72. The van der Waals surface area contributed by atoms with Gasteiger partial charge in [0.05, 0.1) is 5.56 Å². The molecule has 0 N–H and O–H groups in total. The first-order chi connectivity index (χ1) is 13.5. The number of nitrogens with zero attached hydrogens (tertiary/aromatic N) is 2. The van der Waals surface area contributed by atoms with Gasteiger partial charge in [-0.3, -0.25) is 9.69 Å². The molecule has 2 aromatic rings. The van der Waals surface area contributed by atoms with Gasteiger partial charge in [0.15, 0.2) is 0 Å². The van der Waals surface area contributed by atoms with Crippen LogP contribution in [0.2, 0.25) is 5.02 Å². The van der Waals surface area contributed by atoms with Crippen molar-refractivity contribution < 1.29 is 9.18 Å². The first kappa shape index (κ1) is 19.2. The van der Waals surface area contributed by atoms with Crippen molar-refractivity contribution in [1.82, 2.24) is 4.90 Å². The summed E-state index contributed by atoms with van der Waals surface area (Å²) in [6.07, 6.45) is 4.90. The number of amides is 1. The van der Waals surface area contributed by atoms with Crippen LogP contribution in [0, 0.1) is 5.82 Å². The maximum Gasteiger partial charge on any atom is 0.261 e. The molecule has 0 aromatic heterocycles. The number of carbonyl (C=O) groups excluding carboxylic acids is 1. The van der Waals surface area contributed by atoms with E-state index in [4.69, 9.17) is 11.6 Å². The molecule has 5 heteroatoms. The van der Waals surface area contributed by atoms with Crippen molar-refractivity contribution in [2.45, 2.75) is 24.7 Å². The summed E-state index contributed by atoms with van der Waals surface area (Å²) in [7, 11) is 0. The molecular weight excluding hydrogens is 375 g/mol. The van der Waals surface area contributed by atoms with Crippen LogP contribution in [0.5, 0.6) is 0 Å². The second-order valence-corrected chi connectivity index (χ2v) is 8.19. The van der Waals surface area contributed by atoms with Crippen LogP contribution in [0.1, 0.15) is 35.2 Å². The molecule has 146 valence electrons. The number of anilines is 1. The predicted octanol–water partition coefficient (Wildman–Crippen LogP) is 5.05. The standard InChI is InChI=1S/C23H24ClFN2O/c1-2-12-26-13-5-10-23(11-14-26)16-27(21-9-8-17(24)15-19(21)23)22(28)18-6-3-4-7-20(18)25/h2-4,6-9,15H,1,5,10-14,16H2. The average molecular weight is 399 g/mol. The second-order valence-electron chi connectivity index (χ2n) is 7.76. The van der Waals surface area contributed by atoms with E-state index in [-0.39, 0.29) is 16.9 Å². The zero-order chi connectivity index (χ0) is 19.7. The average Bonchev–Trinajstić information content (AvgIpc) is 2.85. The smallest absolute Gasteiger partial charge is 0.261 e. The van der Waals surface area contributed by atoms with Gasteiger partial charge in [0.25, 0.3) is 5.91 Å². The lowest BCUT2D eigenvalue weighted by atomic mass is 9.76. The van der Waals surface area contributed by atoms with E-state index >= 15 is 0 Å². The van der Waals surface area contributed by atoms with Gasteiger partial charge in [-0.25, -0.2) is 4.39 Å². The van der Waals surface area contributed by atoms with Crippen molar-refractivity contribution in [3.63, 3.8) is 0 Å². The van der Waals surface area contributed by atoms with Crippen LogP contribution in [0.4, 0.5) is 10.1 Å². The molecule has 2 heterocycles. The number of rotatable bonds is 3. The van der Waals surface area contributed by atoms with Crippen LogP contribution in [0.3, 0.4) is 0 Å². The van der Waals surface area contributed by atoms with Gasteiger partial charge in [-0.15, -0.1) is 6.58 Å². The van der Waals surface area contributed by atoms with Gasteiger partial charge in [-0.05, 0) is 68.2 Å². The predicted molar refractivity (Wildman–Crippen MR) is 112 cm³/mol. The molecule has 1 unspecified atom stereocenters. The Morgan fingerprint density at radius 3 is 2.82 bits per heavy atom. The Hall–Kier alpha value is -2.17. The normalized spacial score (nSPS) is 22.1. The van der Waals surface area contributed by atoms with Gasteiger partial charge in [0.2, 0.25) is 0 Å². The highest BCUT2D eigenvalue weighted by Crippen LogP contribution is 2.48. The fourth-order valence-corrected chi connectivity index (χ4v) is 4.82. The van der Waals surface area contributed by atoms with E-state index in [9.17, 15) is 9.18 Å². The summed E-state index contributed by atoms with van der Waals surface area (Å²) < 4.78 is 14.3. The van der Waals surface area contributed by atoms with Crippen molar-refractivity contribution in [3.8, 4) is 0 Å². The fraction of sp³-hybridized carbons (Fsp3) is 0.348. The number of fused-ring (bicyclic) bond motifs is 2. The maximum absolute atomic E-state index is 14.3. The number of hydrogen-bond donors (Lipinski definition) is 0. The SMILES string of the molecule is C=CCN1CCCC2(CC1)CN(C(=O)c1ccccc1F)c1ccc(Cl)cc12. The largest absolute Gasteiger partial charge is 0.307 e. The van der Waals surface area contributed by atoms with E-state index in [1.807, 2.05) is 24.3 Å². The van der Waals surface area contributed by atoms with Crippen LogP contribution < -0.4 is 4.90 Å². The number of likely N-dealkylation sites (tertiary alicyclic amines) is 1. The zero-order valence-corrected chi connectivity index (χ0v) is 16.6. The van der Waals surface area contributed by atoms with Gasteiger partial charge in [-0.1, -0.05) is 29.8 Å². The van der Waals surface area contributed by atoms with Crippen molar-refractivity contribution in [1.29, 1.82) is 0 Å². The molecule has 2 aliphatic heterocycles. The highest BCUT2D eigenvalue weighted by atomic mass is 35.5. The van der Waals surface area contributed by atoms with Crippen LogP contribution in [0.15, 0.2) is 55.1 Å². The van der Waals surface area contributed by atoms with E-state index in [2.05, 4.69) is 11.5 Å². The van der Waals surface area contributed by atoms with E-state index in [0.717, 1.165) is 50.1 Å². The molecule has 28 heavy (non-hydrogen) atoms. The Kier molecular flexibility index (Phi) is 5.26. The number of hydrogen-bond acceptors (Lipinski definition) is 2. The Morgan fingerprint density at radius 1 is 1.21 bits per heavy atom. The minimum absolute atomic E-state index is 0.113. The maximum atomic E-state index is 14.3. The molecule has 0 bridgehead atoms. The minimum Gasteiger partial charge on any atom is -0.307 e. The lowest BCUT2D eigenvalue weighted by molar-refractivity contribution is 0.0980. The molecular formula is C23H24ClFN2O. The first-order valence-corrected chi connectivity index (χ1v) is 10.1. The van der Waals surface area contributed by atoms with Gasteiger partial charge >= 0.3 is 0 Å². The molecule has 1 spiro atoms. The van der Waals surface area contributed by atoms with Gasteiger partial charge in [0.1, 0.15) is 5.82 Å². The highest BCUT2D eigenvalue weighted by molar-refractivity contribution is 6.30. The van der Waals surface area contributed by atoms with Gasteiger partial charge in [-0.2, -0.15) is 0 Å². The molecule has 3 nitrogen and oxygen atoms in total. The summed E-state index contributed by atoms with van der Waals surface area (Å²) in [5.74, 6) is -0.771. The van der Waals surface area contributed by atoms with Crippen LogP contribution in [-0.4, -0.2) is 37.0 Å². The monoisotopic (exact) mass is 398 g/mol. The third-order valence-electron chi connectivity index (χ3n) is 6.05. The highest BCUT2D eigenvalue weighted by Gasteiger charge is 2.45. The molecule has 0 radical (unpaired) electrons. The van der Waals surface area contributed by atoms with Crippen molar-refractivity contribution >= 4 is 23.2 Å². The molecule has 4 rings (SSSR count).